The first kappa shape index (κ1) is 17.9. The molecule has 3 aromatic rings. The molecule has 0 saturated carbocycles. The standard InChI is InChI=1S/C19H20N6O3/c1-13(26)20-12-16-19(14-4-6-15(7-5-14)25(27)28)21-17-8-9-18(22-24(16)17)23-10-2-3-11-23/h4-9H,2-3,10-12H2,1H3,(H,20,26). The summed E-state index contributed by atoms with van der Waals surface area (Å²) in [5.41, 5.74) is 2.80. The molecule has 28 heavy (non-hydrogen) atoms. The molecule has 0 unspecified atom stereocenters. The lowest BCUT2D eigenvalue weighted by Gasteiger charge is -2.16. The highest BCUT2D eigenvalue weighted by Crippen LogP contribution is 2.27. The van der Waals surface area contributed by atoms with Crippen LogP contribution in [0.3, 0.4) is 0 Å². The third kappa shape index (κ3) is 3.38. The average molecular weight is 380 g/mol. The van der Waals surface area contributed by atoms with Crippen LogP contribution in [0.4, 0.5) is 11.5 Å². The summed E-state index contributed by atoms with van der Waals surface area (Å²) < 4.78 is 1.75. The number of fused-ring (bicyclic) bond motifs is 1. The third-order valence-electron chi connectivity index (χ3n) is 4.84. The molecule has 1 aromatic carbocycles. The van der Waals surface area contributed by atoms with Crippen LogP contribution in [0.15, 0.2) is 36.4 Å². The van der Waals surface area contributed by atoms with Gasteiger partial charge >= 0.3 is 0 Å². The van der Waals surface area contributed by atoms with E-state index in [4.69, 9.17) is 5.10 Å². The largest absolute Gasteiger partial charge is 0.355 e. The molecule has 1 amide bonds. The zero-order chi connectivity index (χ0) is 19.7. The Balaban J connectivity index is 1.80. The molecule has 0 radical (unpaired) electrons. The molecule has 9 heteroatoms. The number of aromatic nitrogens is 3. The summed E-state index contributed by atoms with van der Waals surface area (Å²) in [6, 6.07) is 10.1. The van der Waals surface area contributed by atoms with Crippen molar-refractivity contribution < 1.29 is 9.72 Å². The van der Waals surface area contributed by atoms with E-state index in [0.29, 0.717) is 11.3 Å². The molecular formula is C19H20N6O3. The number of anilines is 1. The minimum Gasteiger partial charge on any atom is -0.355 e. The van der Waals surface area contributed by atoms with Gasteiger partial charge in [-0.2, -0.15) is 0 Å². The Hall–Kier alpha value is -3.49. The zero-order valence-corrected chi connectivity index (χ0v) is 15.5. The molecule has 1 N–H and O–H groups in total. The van der Waals surface area contributed by atoms with E-state index >= 15 is 0 Å². The average Bonchev–Trinajstić information content (AvgIpc) is 3.34. The molecule has 1 fully saturated rings. The molecule has 1 aliphatic heterocycles. The van der Waals surface area contributed by atoms with Gasteiger partial charge in [-0.25, -0.2) is 9.50 Å². The van der Waals surface area contributed by atoms with Gasteiger partial charge in [-0.05, 0) is 37.1 Å². The molecule has 0 aliphatic carbocycles. The predicted octanol–water partition coefficient (Wildman–Crippen LogP) is 2.54. The molecule has 4 rings (SSSR count). The van der Waals surface area contributed by atoms with Crippen molar-refractivity contribution in [2.75, 3.05) is 18.0 Å². The number of carbonyl (C=O) groups is 1. The molecule has 144 valence electrons. The minimum absolute atomic E-state index is 0.0189. The lowest BCUT2D eigenvalue weighted by molar-refractivity contribution is -0.384. The first-order chi connectivity index (χ1) is 13.5. The predicted molar refractivity (Wildman–Crippen MR) is 104 cm³/mol. The first-order valence-electron chi connectivity index (χ1n) is 9.16. The first-order valence-corrected chi connectivity index (χ1v) is 9.16. The highest BCUT2D eigenvalue weighted by Gasteiger charge is 2.19. The number of imidazole rings is 1. The van der Waals surface area contributed by atoms with Crippen LogP contribution in [-0.2, 0) is 11.3 Å². The summed E-state index contributed by atoms with van der Waals surface area (Å²) in [6.45, 7) is 3.67. The van der Waals surface area contributed by atoms with Crippen LogP contribution < -0.4 is 10.2 Å². The molecule has 1 saturated heterocycles. The molecule has 3 heterocycles. The van der Waals surface area contributed by atoms with Gasteiger partial charge in [0.15, 0.2) is 5.65 Å². The summed E-state index contributed by atoms with van der Waals surface area (Å²) in [7, 11) is 0. The van der Waals surface area contributed by atoms with Crippen molar-refractivity contribution in [3.63, 3.8) is 0 Å². The fraction of sp³-hybridized carbons (Fsp3) is 0.316. The van der Waals surface area contributed by atoms with Gasteiger partial charge in [-0.15, -0.1) is 5.10 Å². The number of nitrogens with zero attached hydrogens (tertiary/aromatic N) is 5. The number of nitro groups is 1. The molecule has 9 nitrogen and oxygen atoms in total. The molecule has 0 atom stereocenters. The molecule has 1 aliphatic rings. The number of nitro benzene ring substituents is 1. The van der Waals surface area contributed by atoms with E-state index in [-0.39, 0.29) is 18.1 Å². The monoisotopic (exact) mass is 380 g/mol. The lowest BCUT2D eigenvalue weighted by Crippen LogP contribution is -2.22. The normalized spacial score (nSPS) is 13.8. The van der Waals surface area contributed by atoms with Crippen LogP contribution in [0.25, 0.3) is 16.9 Å². The summed E-state index contributed by atoms with van der Waals surface area (Å²) in [4.78, 5) is 28.9. The molecule has 0 spiro atoms. The molecular weight excluding hydrogens is 360 g/mol. The van der Waals surface area contributed by atoms with Crippen molar-refractivity contribution >= 4 is 23.1 Å². The maximum Gasteiger partial charge on any atom is 0.269 e. The number of amides is 1. The second-order valence-corrected chi connectivity index (χ2v) is 6.78. The van der Waals surface area contributed by atoms with E-state index in [2.05, 4.69) is 15.2 Å². The van der Waals surface area contributed by atoms with Crippen LogP contribution in [0, 0.1) is 10.1 Å². The van der Waals surface area contributed by atoms with E-state index in [9.17, 15) is 14.9 Å². The van der Waals surface area contributed by atoms with Gasteiger partial charge < -0.3 is 10.2 Å². The Morgan fingerprint density at radius 3 is 2.54 bits per heavy atom. The SMILES string of the molecule is CC(=O)NCc1c(-c2ccc([N+](=O)[O-])cc2)nc2ccc(N3CCCC3)nn12. The van der Waals surface area contributed by atoms with Crippen LogP contribution in [0.2, 0.25) is 0 Å². The van der Waals surface area contributed by atoms with Gasteiger partial charge in [0.05, 0.1) is 22.9 Å². The maximum absolute atomic E-state index is 11.5. The molecule has 0 bridgehead atoms. The van der Waals surface area contributed by atoms with E-state index < -0.39 is 4.92 Å². The van der Waals surface area contributed by atoms with Crippen LogP contribution >= 0.6 is 0 Å². The van der Waals surface area contributed by atoms with Crippen LogP contribution in [0.5, 0.6) is 0 Å². The Morgan fingerprint density at radius 1 is 1.18 bits per heavy atom. The number of nitrogens with one attached hydrogen (secondary N) is 1. The van der Waals surface area contributed by atoms with E-state index in [1.54, 1.807) is 16.6 Å². The summed E-state index contributed by atoms with van der Waals surface area (Å²) in [5, 5.41) is 18.5. The summed E-state index contributed by atoms with van der Waals surface area (Å²) in [5.74, 6) is 0.724. The number of hydrogen-bond donors (Lipinski definition) is 1. The fourth-order valence-electron chi connectivity index (χ4n) is 3.42. The number of non-ortho nitro benzene ring substituents is 1. The number of benzene rings is 1. The molecule has 2 aromatic heterocycles. The van der Waals surface area contributed by atoms with Gasteiger partial charge in [-0.1, -0.05) is 0 Å². The van der Waals surface area contributed by atoms with Crippen LogP contribution in [0.1, 0.15) is 25.5 Å². The Kier molecular flexibility index (Phi) is 4.64. The van der Waals surface area contributed by atoms with Gasteiger partial charge in [0.2, 0.25) is 5.91 Å². The summed E-state index contributed by atoms with van der Waals surface area (Å²) >= 11 is 0. The van der Waals surface area contributed by atoms with E-state index in [1.165, 1.54) is 19.1 Å². The number of carbonyl (C=O) groups excluding carboxylic acids is 1. The summed E-state index contributed by atoms with van der Waals surface area (Å²) in [6.07, 6.45) is 2.30. The van der Waals surface area contributed by atoms with Gasteiger partial charge in [-0.3, -0.25) is 14.9 Å². The Labute approximate surface area is 161 Å². The highest BCUT2D eigenvalue weighted by atomic mass is 16.6. The quantitative estimate of drug-likeness (QED) is 0.539. The third-order valence-corrected chi connectivity index (χ3v) is 4.84. The second-order valence-electron chi connectivity index (χ2n) is 6.78. The van der Waals surface area contributed by atoms with Crippen molar-refractivity contribution in [2.24, 2.45) is 0 Å². The maximum atomic E-state index is 11.5. The topological polar surface area (TPSA) is 106 Å². The Bertz CT molecular complexity index is 1040. The van der Waals surface area contributed by atoms with Crippen molar-refractivity contribution in [2.45, 2.75) is 26.3 Å². The van der Waals surface area contributed by atoms with E-state index in [1.807, 2.05) is 12.1 Å². The minimum atomic E-state index is -0.435. The van der Waals surface area contributed by atoms with Crippen molar-refractivity contribution in [3.8, 4) is 11.3 Å². The highest BCUT2D eigenvalue weighted by molar-refractivity contribution is 5.74. The van der Waals surface area contributed by atoms with Gasteiger partial charge in [0, 0.05) is 37.7 Å². The lowest BCUT2D eigenvalue weighted by atomic mass is 10.1. The van der Waals surface area contributed by atoms with Crippen LogP contribution in [-0.4, -0.2) is 38.5 Å². The fourth-order valence-corrected chi connectivity index (χ4v) is 3.42. The number of rotatable bonds is 5. The van der Waals surface area contributed by atoms with Crippen molar-refractivity contribution in [1.82, 2.24) is 19.9 Å². The van der Waals surface area contributed by atoms with Crippen molar-refractivity contribution in [1.29, 1.82) is 0 Å². The Morgan fingerprint density at radius 2 is 1.89 bits per heavy atom. The van der Waals surface area contributed by atoms with Gasteiger partial charge in [0.25, 0.3) is 5.69 Å². The van der Waals surface area contributed by atoms with Crippen molar-refractivity contribution in [3.05, 3.63) is 52.2 Å². The van der Waals surface area contributed by atoms with E-state index in [0.717, 1.165) is 43.0 Å². The smallest absolute Gasteiger partial charge is 0.269 e. The van der Waals surface area contributed by atoms with Gasteiger partial charge in [0.1, 0.15) is 5.82 Å². The number of hydrogen-bond acceptors (Lipinski definition) is 6. The second kappa shape index (κ2) is 7.26. The zero-order valence-electron chi connectivity index (χ0n) is 15.5.